The normalized spacial score (nSPS) is 36.8. The molecular formula is C43H64ClNO4. The highest BCUT2D eigenvalue weighted by Gasteiger charge is 2.66. The van der Waals surface area contributed by atoms with Crippen LogP contribution in [-0.4, -0.2) is 29.7 Å². The number of carboxylic acids is 1. The molecule has 5 aliphatic rings. The van der Waals surface area contributed by atoms with Gasteiger partial charge in [-0.1, -0.05) is 76.4 Å². The van der Waals surface area contributed by atoms with Crippen molar-refractivity contribution in [2.24, 2.45) is 56.7 Å². The largest absolute Gasteiger partial charge is 0.481 e. The molecule has 0 spiro atoms. The Morgan fingerprint density at radius 2 is 1.63 bits per heavy atom. The van der Waals surface area contributed by atoms with E-state index in [4.69, 9.17) is 16.3 Å². The maximum absolute atomic E-state index is 13.0. The zero-order valence-electron chi connectivity index (χ0n) is 31.7. The second-order valence-corrected chi connectivity index (χ2v) is 19.6. The van der Waals surface area contributed by atoms with Crippen molar-refractivity contribution in [2.75, 3.05) is 6.54 Å². The number of carbonyl (C=O) groups excluding carboxylic acids is 1. The highest BCUT2D eigenvalue weighted by molar-refractivity contribution is 6.30. The first-order valence-corrected chi connectivity index (χ1v) is 19.9. The first-order valence-electron chi connectivity index (χ1n) is 19.6. The molecule has 272 valence electrons. The average molecular weight is 694 g/mol. The minimum atomic E-state index is -1.12. The summed E-state index contributed by atoms with van der Waals surface area (Å²) in [5.74, 6) is 1.93. The van der Waals surface area contributed by atoms with Crippen molar-refractivity contribution in [2.45, 2.75) is 145 Å². The zero-order valence-corrected chi connectivity index (χ0v) is 32.5. The van der Waals surface area contributed by atoms with Gasteiger partial charge in [-0.3, -0.25) is 9.59 Å². The van der Waals surface area contributed by atoms with E-state index >= 15 is 0 Å². The molecule has 1 aromatic rings. The number of carboxylic acid groups (broad SMARTS) is 1. The average Bonchev–Trinajstić information content (AvgIpc) is 3.42. The first-order chi connectivity index (χ1) is 22.9. The number of benzene rings is 1. The Balaban J connectivity index is 1.18. The quantitative estimate of drug-likeness (QED) is 0.145. The molecule has 1 aromatic carbocycles. The number of esters is 1. The van der Waals surface area contributed by atoms with Crippen LogP contribution in [-0.2, 0) is 20.9 Å². The van der Waals surface area contributed by atoms with Crippen LogP contribution in [0, 0.1) is 56.7 Å². The Morgan fingerprint density at radius 1 is 0.939 bits per heavy atom. The van der Waals surface area contributed by atoms with Gasteiger partial charge in [-0.15, -0.1) is 0 Å². The molecule has 5 aliphatic carbocycles. The third kappa shape index (κ3) is 6.44. The lowest BCUT2D eigenvalue weighted by Gasteiger charge is -2.69. The smallest absolute Gasteiger partial charge is 0.309 e. The van der Waals surface area contributed by atoms with Crippen molar-refractivity contribution in [3.8, 4) is 0 Å². The molecule has 0 aromatic heterocycles. The van der Waals surface area contributed by atoms with Crippen molar-refractivity contribution in [3.05, 3.63) is 46.0 Å². The highest BCUT2D eigenvalue weighted by Crippen LogP contribution is 2.73. The van der Waals surface area contributed by atoms with Gasteiger partial charge in [0.1, 0.15) is 6.10 Å². The molecule has 4 fully saturated rings. The van der Waals surface area contributed by atoms with E-state index in [2.05, 4.69) is 59.0 Å². The Hall–Kier alpha value is -1.85. The van der Waals surface area contributed by atoms with Gasteiger partial charge in [-0.05, 0) is 155 Å². The fourth-order valence-electron chi connectivity index (χ4n) is 12.9. The number of allylic oxidation sites excluding steroid dienone is 2. The summed E-state index contributed by atoms with van der Waals surface area (Å²) in [5.41, 5.74) is 4.63. The van der Waals surface area contributed by atoms with Crippen LogP contribution in [0.4, 0.5) is 0 Å². The Labute approximate surface area is 301 Å². The number of hydrogen-bond acceptors (Lipinski definition) is 4. The number of carbonyl (C=O) groups is 2. The van der Waals surface area contributed by atoms with E-state index in [1.54, 1.807) is 19.4 Å². The minimum Gasteiger partial charge on any atom is -0.481 e. The van der Waals surface area contributed by atoms with Crippen LogP contribution in [0.2, 0.25) is 5.02 Å². The molecule has 2 N–H and O–H groups in total. The summed E-state index contributed by atoms with van der Waals surface area (Å²) in [6, 6.07) is 8.24. The molecule has 8 atom stereocenters. The topological polar surface area (TPSA) is 75.6 Å². The predicted molar refractivity (Wildman–Crippen MR) is 198 cm³/mol. The van der Waals surface area contributed by atoms with E-state index in [1.807, 2.05) is 17.7 Å². The van der Waals surface area contributed by atoms with Crippen molar-refractivity contribution in [3.63, 3.8) is 0 Å². The molecular weight excluding hydrogens is 630 g/mol. The molecule has 4 saturated carbocycles. The first kappa shape index (κ1) is 36.9. The Bertz CT molecular complexity index is 1450. The fourth-order valence-corrected chi connectivity index (χ4v) is 13.0. The third-order valence-electron chi connectivity index (χ3n) is 15.4. The van der Waals surface area contributed by atoms with Crippen molar-refractivity contribution < 1.29 is 19.4 Å². The van der Waals surface area contributed by atoms with Crippen LogP contribution >= 0.6 is 11.6 Å². The van der Waals surface area contributed by atoms with Crippen molar-refractivity contribution in [1.29, 1.82) is 0 Å². The van der Waals surface area contributed by atoms with Gasteiger partial charge in [0.2, 0.25) is 0 Å². The van der Waals surface area contributed by atoms with Gasteiger partial charge in [-0.2, -0.15) is 0 Å². The van der Waals surface area contributed by atoms with Crippen LogP contribution in [0.15, 0.2) is 35.4 Å². The zero-order chi connectivity index (χ0) is 35.6. The maximum Gasteiger partial charge on any atom is 0.309 e. The summed E-state index contributed by atoms with van der Waals surface area (Å²) in [6.07, 6.45) is 13.3. The van der Waals surface area contributed by atoms with Gasteiger partial charge in [0.15, 0.2) is 0 Å². The number of hydrogen-bond donors (Lipinski definition) is 2. The SMILES string of the molecule is CC(C)C1=C2C3CCC4C(C)(CCC5C(C)(C)C(OC(=O)CC(C)(C)C(=O)O)CCC54C)C3CCC2(CCNCc2ccc(Cl)cc2)CC1. The van der Waals surface area contributed by atoms with E-state index in [9.17, 15) is 14.7 Å². The van der Waals surface area contributed by atoms with Crippen molar-refractivity contribution in [1.82, 2.24) is 5.32 Å². The van der Waals surface area contributed by atoms with Crippen molar-refractivity contribution >= 4 is 23.5 Å². The van der Waals surface area contributed by atoms with Gasteiger partial charge >= 0.3 is 11.9 Å². The number of nitrogens with one attached hydrogen (secondary N) is 1. The number of halogens is 1. The second-order valence-electron chi connectivity index (χ2n) is 19.1. The van der Waals surface area contributed by atoms with Gasteiger partial charge in [0, 0.05) is 17.0 Å². The highest BCUT2D eigenvalue weighted by atomic mass is 35.5. The van der Waals surface area contributed by atoms with E-state index in [0.29, 0.717) is 34.5 Å². The summed E-state index contributed by atoms with van der Waals surface area (Å²) in [5, 5.41) is 14.2. The summed E-state index contributed by atoms with van der Waals surface area (Å²) in [6.45, 7) is 20.0. The van der Waals surface area contributed by atoms with E-state index in [0.717, 1.165) is 36.9 Å². The van der Waals surface area contributed by atoms with Gasteiger partial charge in [0.25, 0.3) is 0 Å². The predicted octanol–water partition coefficient (Wildman–Crippen LogP) is 10.6. The fraction of sp³-hybridized carbons (Fsp3) is 0.767. The Morgan fingerprint density at radius 3 is 2.31 bits per heavy atom. The molecule has 0 amide bonds. The van der Waals surface area contributed by atoms with E-state index in [1.165, 1.54) is 63.4 Å². The summed E-state index contributed by atoms with van der Waals surface area (Å²) < 4.78 is 6.18. The molecule has 0 aliphatic heterocycles. The molecule has 6 rings (SSSR count). The standard InChI is InChI=1S/C43H64ClNO4/c1-27(2)30-15-21-43(23-24-45-26-28-9-11-29(44)12-10-28)22-16-32-31(37(30)43)13-14-34-41(32,7)19-17-33-40(5,6)35(18-20-42(33,34)8)49-36(46)25-39(3,4)38(47)48/h9-12,27,31-35,45H,13-26H2,1-8H3,(H,47,48). The Kier molecular flexibility index (Phi) is 10.0. The molecule has 0 bridgehead atoms. The van der Waals surface area contributed by atoms with Crippen LogP contribution < -0.4 is 5.32 Å². The number of fused-ring (bicyclic) bond motifs is 7. The molecule has 49 heavy (non-hydrogen) atoms. The number of ether oxygens (including phenoxy) is 1. The van der Waals surface area contributed by atoms with Gasteiger partial charge < -0.3 is 15.2 Å². The van der Waals surface area contributed by atoms with Crippen LogP contribution in [0.25, 0.3) is 0 Å². The lowest BCUT2D eigenvalue weighted by Crippen LogP contribution is -2.63. The second kappa shape index (κ2) is 13.3. The number of aliphatic carboxylic acids is 1. The summed E-state index contributed by atoms with van der Waals surface area (Å²) >= 11 is 6.13. The van der Waals surface area contributed by atoms with Gasteiger partial charge in [-0.25, -0.2) is 0 Å². The van der Waals surface area contributed by atoms with Gasteiger partial charge in [0.05, 0.1) is 11.8 Å². The molecule has 0 saturated heterocycles. The lowest BCUT2D eigenvalue weighted by molar-refractivity contribution is -0.213. The lowest BCUT2D eigenvalue weighted by atomic mass is 9.36. The third-order valence-corrected chi connectivity index (χ3v) is 15.6. The van der Waals surface area contributed by atoms with E-state index in [-0.39, 0.29) is 29.3 Å². The maximum atomic E-state index is 13.0. The minimum absolute atomic E-state index is 0.0886. The molecule has 0 heterocycles. The molecule has 6 heteroatoms. The number of rotatable bonds is 10. The summed E-state index contributed by atoms with van der Waals surface area (Å²) in [7, 11) is 0. The molecule has 8 unspecified atom stereocenters. The van der Waals surface area contributed by atoms with Crippen LogP contribution in [0.1, 0.15) is 138 Å². The van der Waals surface area contributed by atoms with Crippen LogP contribution in [0.3, 0.4) is 0 Å². The molecule has 0 radical (unpaired) electrons. The van der Waals surface area contributed by atoms with Crippen LogP contribution in [0.5, 0.6) is 0 Å². The summed E-state index contributed by atoms with van der Waals surface area (Å²) in [4.78, 5) is 24.7. The monoisotopic (exact) mass is 693 g/mol. The molecule has 5 nitrogen and oxygen atoms in total. The van der Waals surface area contributed by atoms with E-state index < -0.39 is 11.4 Å².